The van der Waals surface area contributed by atoms with Crippen molar-refractivity contribution in [2.45, 2.75) is 12.8 Å². The summed E-state index contributed by atoms with van der Waals surface area (Å²) in [6.07, 6.45) is 1.87. The molecule has 2 amide bonds. The summed E-state index contributed by atoms with van der Waals surface area (Å²) in [6.45, 7) is 1.37. The van der Waals surface area contributed by atoms with E-state index in [1.807, 2.05) is 0 Å². The van der Waals surface area contributed by atoms with Crippen molar-refractivity contribution in [1.82, 2.24) is 4.90 Å². The molecule has 60 valence electrons. The van der Waals surface area contributed by atoms with E-state index in [-0.39, 0.29) is 6.03 Å². The maximum absolute atomic E-state index is 10.4. The van der Waals surface area contributed by atoms with Crippen LogP contribution in [0.5, 0.6) is 0 Å². The van der Waals surface area contributed by atoms with E-state index in [1.54, 1.807) is 7.05 Å². The summed E-state index contributed by atoms with van der Waals surface area (Å²) in [7, 11) is 1.68. The second-order valence-corrected chi connectivity index (χ2v) is 2.26. The number of rotatable bonds is 4. The molecule has 4 nitrogen and oxygen atoms in total. The average molecular weight is 145 g/mol. The quantitative estimate of drug-likeness (QED) is 0.535. The van der Waals surface area contributed by atoms with Gasteiger partial charge in [-0.15, -0.1) is 0 Å². The maximum atomic E-state index is 10.4. The predicted molar refractivity (Wildman–Crippen MR) is 40.5 cm³/mol. The summed E-state index contributed by atoms with van der Waals surface area (Å²) in [5, 5.41) is 0. The Bertz CT molecular complexity index is 105. The van der Waals surface area contributed by atoms with E-state index >= 15 is 0 Å². The van der Waals surface area contributed by atoms with Gasteiger partial charge in [-0.1, -0.05) is 0 Å². The highest BCUT2D eigenvalue weighted by atomic mass is 16.2. The first kappa shape index (κ1) is 9.23. The Labute approximate surface area is 61.2 Å². The highest BCUT2D eigenvalue weighted by Gasteiger charge is 1.99. The molecule has 0 aromatic rings. The van der Waals surface area contributed by atoms with Crippen LogP contribution in [0.2, 0.25) is 0 Å². The zero-order chi connectivity index (χ0) is 7.98. The van der Waals surface area contributed by atoms with Crippen molar-refractivity contribution in [2.24, 2.45) is 11.5 Å². The van der Waals surface area contributed by atoms with Gasteiger partial charge in [0.25, 0.3) is 0 Å². The van der Waals surface area contributed by atoms with E-state index < -0.39 is 0 Å². The second-order valence-electron chi connectivity index (χ2n) is 2.26. The van der Waals surface area contributed by atoms with Gasteiger partial charge in [0.05, 0.1) is 0 Å². The number of primary amides is 1. The minimum absolute atomic E-state index is 0.378. The van der Waals surface area contributed by atoms with Crippen LogP contribution in [0.15, 0.2) is 0 Å². The summed E-state index contributed by atoms with van der Waals surface area (Å²) in [5.74, 6) is 0. The molecule has 0 aromatic heterocycles. The van der Waals surface area contributed by atoms with Crippen LogP contribution in [0, 0.1) is 0 Å². The molecule has 0 aliphatic rings. The smallest absolute Gasteiger partial charge is 0.314 e. The van der Waals surface area contributed by atoms with Gasteiger partial charge in [0.1, 0.15) is 0 Å². The van der Waals surface area contributed by atoms with Crippen molar-refractivity contribution >= 4 is 6.03 Å². The molecule has 0 aliphatic carbocycles. The lowest BCUT2D eigenvalue weighted by Gasteiger charge is -2.12. The number of carbonyl (C=O) groups excluding carboxylic acids is 1. The van der Waals surface area contributed by atoms with Crippen molar-refractivity contribution in [2.75, 3.05) is 20.1 Å². The third-order valence-corrected chi connectivity index (χ3v) is 1.32. The number of nitrogens with two attached hydrogens (primary N) is 2. The molecule has 0 saturated carbocycles. The molecule has 10 heavy (non-hydrogen) atoms. The minimum Gasteiger partial charge on any atom is -0.351 e. The fraction of sp³-hybridized carbons (Fsp3) is 0.833. The molecule has 0 aliphatic heterocycles. The van der Waals surface area contributed by atoms with E-state index in [4.69, 9.17) is 11.5 Å². The molecule has 0 aromatic carbocycles. The van der Waals surface area contributed by atoms with Crippen LogP contribution in [0.25, 0.3) is 0 Å². The van der Waals surface area contributed by atoms with E-state index in [9.17, 15) is 4.79 Å². The number of hydrogen-bond acceptors (Lipinski definition) is 2. The lowest BCUT2D eigenvalue weighted by atomic mass is 10.3. The first-order valence-electron chi connectivity index (χ1n) is 3.39. The van der Waals surface area contributed by atoms with Gasteiger partial charge < -0.3 is 16.4 Å². The Kier molecular flexibility index (Phi) is 4.66. The molecule has 0 rings (SSSR count). The van der Waals surface area contributed by atoms with Gasteiger partial charge in [-0.3, -0.25) is 0 Å². The fourth-order valence-corrected chi connectivity index (χ4v) is 0.604. The first-order chi connectivity index (χ1) is 4.68. The highest BCUT2D eigenvalue weighted by molar-refractivity contribution is 5.71. The van der Waals surface area contributed by atoms with Crippen LogP contribution in [0.4, 0.5) is 4.79 Å². The zero-order valence-corrected chi connectivity index (χ0v) is 6.34. The van der Waals surface area contributed by atoms with Crippen LogP contribution >= 0.6 is 0 Å². The first-order valence-corrected chi connectivity index (χ1v) is 3.39. The zero-order valence-electron chi connectivity index (χ0n) is 6.34. The number of amides is 2. The molecule has 0 heterocycles. The highest BCUT2D eigenvalue weighted by Crippen LogP contribution is 1.89. The van der Waals surface area contributed by atoms with E-state index in [1.165, 1.54) is 4.90 Å². The predicted octanol–water partition coefficient (Wildman–Crippen LogP) is -0.264. The number of carbonyl (C=O) groups is 1. The van der Waals surface area contributed by atoms with Crippen molar-refractivity contribution in [1.29, 1.82) is 0 Å². The summed E-state index contributed by atoms with van der Waals surface area (Å²) < 4.78 is 0. The summed E-state index contributed by atoms with van der Waals surface area (Å²) in [4.78, 5) is 11.9. The second kappa shape index (κ2) is 5.05. The molecule has 0 fully saturated rings. The Balaban J connectivity index is 3.21. The third kappa shape index (κ3) is 4.14. The summed E-state index contributed by atoms with van der Waals surface area (Å²) >= 11 is 0. The lowest BCUT2D eigenvalue weighted by molar-refractivity contribution is 0.217. The normalized spacial score (nSPS) is 9.40. The van der Waals surface area contributed by atoms with Crippen LogP contribution in [0.3, 0.4) is 0 Å². The molecule has 0 spiro atoms. The van der Waals surface area contributed by atoms with Gasteiger partial charge >= 0.3 is 6.03 Å². The maximum Gasteiger partial charge on any atom is 0.314 e. The molecular weight excluding hydrogens is 130 g/mol. The van der Waals surface area contributed by atoms with Crippen LogP contribution in [-0.2, 0) is 0 Å². The van der Waals surface area contributed by atoms with Crippen LogP contribution in [0.1, 0.15) is 12.8 Å². The van der Waals surface area contributed by atoms with Crippen LogP contribution < -0.4 is 11.5 Å². The number of hydrogen-bond donors (Lipinski definition) is 2. The van der Waals surface area contributed by atoms with Crippen LogP contribution in [-0.4, -0.2) is 31.1 Å². The number of nitrogens with zero attached hydrogens (tertiary/aromatic N) is 1. The molecule has 0 saturated heterocycles. The topological polar surface area (TPSA) is 72.3 Å². The Morgan fingerprint density at radius 2 is 2.10 bits per heavy atom. The Hall–Kier alpha value is -0.770. The fourth-order valence-electron chi connectivity index (χ4n) is 0.604. The summed E-state index contributed by atoms with van der Waals surface area (Å²) in [6, 6.07) is -0.378. The standard InChI is InChI=1S/C6H15N3O/c1-9(6(8)10)5-3-2-4-7/h2-5,7H2,1H3,(H2,8,10). The van der Waals surface area contributed by atoms with E-state index in [0.717, 1.165) is 12.8 Å². The minimum atomic E-state index is -0.378. The van der Waals surface area contributed by atoms with Gasteiger partial charge in [-0.2, -0.15) is 0 Å². The van der Waals surface area contributed by atoms with Gasteiger partial charge in [-0.05, 0) is 19.4 Å². The van der Waals surface area contributed by atoms with Crippen molar-refractivity contribution in [3.63, 3.8) is 0 Å². The summed E-state index contributed by atoms with van der Waals surface area (Å²) in [5.41, 5.74) is 10.2. The van der Waals surface area contributed by atoms with Gasteiger partial charge in [0.2, 0.25) is 0 Å². The Morgan fingerprint density at radius 3 is 2.50 bits per heavy atom. The molecule has 0 atom stereocenters. The van der Waals surface area contributed by atoms with Gasteiger partial charge in [0.15, 0.2) is 0 Å². The van der Waals surface area contributed by atoms with Gasteiger partial charge in [0, 0.05) is 13.6 Å². The molecular formula is C6H15N3O. The molecule has 4 N–H and O–H groups in total. The van der Waals surface area contributed by atoms with E-state index in [0.29, 0.717) is 13.1 Å². The Morgan fingerprint density at radius 1 is 1.50 bits per heavy atom. The molecule has 0 unspecified atom stereocenters. The average Bonchev–Trinajstić information content (AvgIpc) is 1.88. The largest absolute Gasteiger partial charge is 0.351 e. The van der Waals surface area contributed by atoms with E-state index in [2.05, 4.69) is 0 Å². The monoisotopic (exact) mass is 145 g/mol. The number of unbranched alkanes of at least 4 members (excludes halogenated alkanes) is 1. The SMILES string of the molecule is CN(CCCCN)C(N)=O. The van der Waals surface area contributed by atoms with Crippen molar-refractivity contribution in [3.8, 4) is 0 Å². The molecule has 0 radical (unpaired) electrons. The molecule has 4 heteroatoms. The van der Waals surface area contributed by atoms with Crippen molar-refractivity contribution < 1.29 is 4.79 Å². The van der Waals surface area contributed by atoms with Crippen molar-refractivity contribution in [3.05, 3.63) is 0 Å². The lowest BCUT2D eigenvalue weighted by Crippen LogP contribution is -2.32. The number of urea groups is 1. The van der Waals surface area contributed by atoms with Gasteiger partial charge in [-0.25, -0.2) is 4.79 Å². The molecule has 0 bridgehead atoms. The third-order valence-electron chi connectivity index (χ3n) is 1.32.